The molecule has 2 heterocycles. The van der Waals surface area contributed by atoms with Gasteiger partial charge in [0.25, 0.3) is 0 Å². The van der Waals surface area contributed by atoms with Crippen molar-refractivity contribution in [2.45, 2.75) is 20.8 Å². The van der Waals surface area contributed by atoms with Crippen LogP contribution in [0.2, 0.25) is 0 Å². The van der Waals surface area contributed by atoms with E-state index in [0.29, 0.717) is 0 Å². The summed E-state index contributed by atoms with van der Waals surface area (Å²) in [6, 6.07) is 0. The van der Waals surface area contributed by atoms with Crippen LogP contribution < -0.4 is 0 Å². The van der Waals surface area contributed by atoms with E-state index in [1.165, 1.54) is 0 Å². The van der Waals surface area contributed by atoms with Crippen LogP contribution >= 0.6 is 0 Å². The standard InChI is InChI=1S/C10H13N3/c1-6-5-11-7(2)10-9(6)12-8(3)13(10)4/h5H,1-4H3. The number of aryl methyl sites for hydroxylation is 4. The Labute approximate surface area is 77.4 Å². The van der Waals surface area contributed by atoms with Gasteiger partial charge in [0, 0.05) is 13.2 Å². The third-order valence-electron chi connectivity index (χ3n) is 2.49. The van der Waals surface area contributed by atoms with Crippen LogP contribution in [0.25, 0.3) is 11.0 Å². The molecule has 2 aromatic rings. The van der Waals surface area contributed by atoms with Crippen LogP contribution in [0.4, 0.5) is 0 Å². The first-order chi connectivity index (χ1) is 6.11. The summed E-state index contributed by atoms with van der Waals surface area (Å²) < 4.78 is 2.09. The van der Waals surface area contributed by atoms with Gasteiger partial charge in [-0.25, -0.2) is 4.98 Å². The van der Waals surface area contributed by atoms with Gasteiger partial charge in [-0.15, -0.1) is 0 Å². The van der Waals surface area contributed by atoms with E-state index in [0.717, 1.165) is 28.1 Å². The number of pyridine rings is 1. The molecule has 3 heteroatoms. The van der Waals surface area contributed by atoms with Crippen LogP contribution in [-0.2, 0) is 7.05 Å². The predicted octanol–water partition coefficient (Wildman–Crippen LogP) is 1.89. The van der Waals surface area contributed by atoms with Crippen LogP contribution in [0.3, 0.4) is 0 Å². The Bertz CT molecular complexity index is 468. The zero-order chi connectivity index (χ0) is 9.59. The SMILES string of the molecule is Cc1cnc(C)c2c1nc(C)n2C. The molecule has 0 bridgehead atoms. The summed E-state index contributed by atoms with van der Waals surface area (Å²) in [6.45, 7) is 6.07. The zero-order valence-electron chi connectivity index (χ0n) is 8.42. The smallest absolute Gasteiger partial charge is 0.106 e. The van der Waals surface area contributed by atoms with Crippen molar-refractivity contribution in [3.63, 3.8) is 0 Å². The van der Waals surface area contributed by atoms with Crippen molar-refractivity contribution in [2.24, 2.45) is 7.05 Å². The Kier molecular flexibility index (Phi) is 1.62. The lowest BCUT2D eigenvalue weighted by Crippen LogP contribution is -1.94. The third-order valence-corrected chi connectivity index (χ3v) is 2.49. The van der Waals surface area contributed by atoms with Gasteiger partial charge in [-0.3, -0.25) is 4.98 Å². The molecular formula is C10H13N3. The highest BCUT2D eigenvalue weighted by Gasteiger charge is 2.09. The van der Waals surface area contributed by atoms with E-state index >= 15 is 0 Å². The van der Waals surface area contributed by atoms with Gasteiger partial charge >= 0.3 is 0 Å². The molecular weight excluding hydrogens is 162 g/mol. The average molecular weight is 175 g/mol. The number of hydrogen-bond donors (Lipinski definition) is 0. The summed E-state index contributed by atoms with van der Waals surface area (Å²) in [5.41, 5.74) is 4.41. The Morgan fingerprint density at radius 1 is 1.23 bits per heavy atom. The van der Waals surface area contributed by atoms with Crippen molar-refractivity contribution in [2.75, 3.05) is 0 Å². The fourth-order valence-corrected chi connectivity index (χ4v) is 1.62. The number of aromatic nitrogens is 3. The monoisotopic (exact) mass is 175 g/mol. The average Bonchev–Trinajstić information content (AvgIpc) is 2.38. The van der Waals surface area contributed by atoms with E-state index in [-0.39, 0.29) is 0 Å². The normalized spacial score (nSPS) is 11.1. The van der Waals surface area contributed by atoms with Crippen molar-refractivity contribution < 1.29 is 0 Å². The highest BCUT2D eigenvalue weighted by Crippen LogP contribution is 2.19. The maximum Gasteiger partial charge on any atom is 0.106 e. The molecule has 2 rings (SSSR count). The highest BCUT2D eigenvalue weighted by molar-refractivity contribution is 5.80. The molecule has 3 nitrogen and oxygen atoms in total. The van der Waals surface area contributed by atoms with Gasteiger partial charge in [-0.2, -0.15) is 0 Å². The summed E-state index contributed by atoms with van der Waals surface area (Å²) in [7, 11) is 2.03. The number of hydrogen-bond acceptors (Lipinski definition) is 2. The minimum absolute atomic E-state index is 1.04. The van der Waals surface area contributed by atoms with Crippen molar-refractivity contribution in [3.8, 4) is 0 Å². The molecule has 0 fully saturated rings. The topological polar surface area (TPSA) is 30.7 Å². The van der Waals surface area contributed by atoms with E-state index < -0.39 is 0 Å². The molecule has 2 aromatic heterocycles. The zero-order valence-corrected chi connectivity index (χ0v) is 8.42. The van der Waals surface area contributed by atoms with Crippen molar-refractivity contribution in [1.82, 2.24) is 14.5 Å². The van der Waals surface area contributed by atoms with Crippen molar-refractivity contribution in [1.29, 1.82) is 0 Å². The van der Waals surface area contributed by atoms with Gasteiger partial charge in [-0.1, -0.05) is 0 Å². The molecule has 0 saturated carbocycles. The molecule has 0 unspecified atom stereocenters. The third kappa shape index (κ3) is 1.03. The van der Waals surface area contributed by atoms with Crippen molar-refractivity contribution in [3.05, 3.63) is 23.3 Å². The summed E-state index contributed by atoms with van der Waals surface area (Å²) in [4.78, 5) is 8.82. The number of nitrogens with zero attached hydrogens (tertiary/aromatic N) is 3. The first kappa shape index (κ1) is 8.23. The molecule has 0 aliphatic heterocycles. The fourth-order valence-electron chi connectivity index (χ4n) is 1.62. The van der Waals surface area contributed by atoms with Crippen LogP contribution in [0, 0.1) is 20.8 Å². The molecule has 0 aliphatic rings. The number of imidazole rings is 1. The van der Waals surface area contributed by atoms with Crippen molar-refractivity contribution >= 4 is 11.0 Å². The minimum atomic E-state index is 1.04. The second-order valence-corrected chi connectivity index (χ2v) is 3.44. The van der Waals surface area contributed by atoms with Gasteiger partial charge in [0.05, 0.1) is 16.7 Å². The Balaban J connectivity index is 3.00. The maximum absolute atomic E-state index is 4.50. The predicted molar refractivity (Wildman–Crippen MR) is 52.7 cm³/mol. The van der Waals surface area contributed by atoms with Crippen LogP contribution in [-0.4, -0.2) is 14.5 Å². The minimum Gasteiger partial charge on any atom is -0.330 e. The molecule has 0 amide bonds. The number of rotatable bonds is 0. The van der Waals surface area contributed by atoms with Crippen LogP contribution in [0.5, 0.6) is 0 Å². The molecule has 0 saturated heterocycles. The molecule has 0 N–H and O–H groups in total. The Morgan fingerprint density at radius 2 is 1.92 bits per heavy atom. The molecule has 0 spiro atoms. The molecule has 0 atom stereocenters. The highest BCUT2D eigenvalue weighted by atomic mass is 15.1. The Morgan fingerprint density at radius 3 is 2.54 bits per heavy atom. The molecule has 0 radical (unpaired) electrons. The second-order valence-electron chi connectivity index (χ2n) is 3.44. The fraction of sp³-hybridized carbons (Fsp3) is 0.400. The molecule has 0 aliphatic carbocycles. The van der Waals surface area contributed by atoms with E-state index in [2.05, 4.69) is 14.5 Å². The van der Waals surface area contributed by atoms with Gasteiger partial charge in [0.15, 0.2) is 0 Å². The van der Waals surface area contributed by atoms with E-state index in [1.807, 2.05) is 34.0 Å². The lowest BCUT2D eigenvalue weighted by molar-refractivity contribution is 0.880. The molecule has 68 valence electrons. The Hall–Kier alpha value is -1.38. The molecule has 0 aromatic carbocycles. The van der Waals surface area contributed by atoms with Gasteiger partial charge < -0.3 is 4.57 Å². The van der Waals surface area contributed by atoms with Gasteiger partial charge in [0.1, 0.15) is 5.82 Å². The van der Waals surface area contributed by atoms with Crippen LogP contribution in [0.15, 0.2) is 6.20 Å². The van der Waals surface area contributed by atoms with Crippen LogP contribution in [0.1, 0.15) is 17.1 Å². The quantitative estimate of drug-likeness (QED) is 0.612. The molecule has 13 heavy (non-hydrogen) atoms. The maximum atomic E-state index is 4.50. The van der Waals surface area contributed by atoms with Gasteiger partial charge in [-0.05, 0) is 26.3 Å². The second kappa shape index (κ2) is 2.55. The lowest BCUT2D eigenvalue weighted by Gasteiger charge is -2.00. The lowest BCUT2D eigenvalue weighted by atomic mass is 10.2. The van der Waals surface area contributed by atoms with E-state index in [4.69, 9.17) is 0 Å². The number of fused-ring (bicyclic) bond motifs is 1. The summed E-state index contributed by atoms with van der Waals surface area (Å²) >= 11 is 0. The van der Waals surface area contributed by atoms with E-state index in [9.17, 15) is 0 Å². The van der Waals surface area contributed by atoms with E-state index in [1.54, 1.807) is 0 Å². The first-order valence-electron chi connectivity index (χ1n) is 4.36. The largest absolute Gasteiger partial charge is 0.330 e. The summed E-state index contributed by atoms with van der Waals surface area (Å²) in [5.74, 6) is 1.04. The van der Waals surface area contributed by atoms with Gasteiger partial charge in [0.2, 0.25) is 0 Å². The summed E-state index contributed by atoms with van der Waals surface area (Å²) in [5, 5.41) is 0. The first-order valence-corrected chi connectivity index (χ1v) is 4.36. The summed E-state index contributed by atoms with van der Waals surface area (Å²) in [6.07, 6.45) is 1.88.